The number of aryl methyl sites for hydroxylation is 1. The SMILES string of the molecule is Cc1ccc(S(=O)(=O)n2cc3c(c2)CC2(CCCC2)C3)cc1. The van der Waals surface area contributed by atoms with E-state index in [-0.39, 0.29) is 0 Å². The molecule has 0 atom stereocenters. The molecule has 1 heterocycles. The van der Waals surface area contributed by atoms with Gasteiger partial charge in [0, 0.05) is 12.4 Å². The van der Waals surface area contributed by atoms with Gasteiger partial charge in [-0.2, -0.15) is 0 Å². The summed E-state index contributed by atoms with van der Waals surface area (Å²) in [6.07, 6.45) is 11.0. The first-order valence-corrected chi connectivity index (χ1v) is 9.45. The molecule has 0 radical (unpaired) electrons. The lowest BCUT2D eigenvalue weighted by Crippen LogP contribution is -2.17. The zero-order valence-electron chi connectivity index (χ0n) is 12.9. The van der Waals surface area contributed by atoms with Gasteiger partial charge in [-0.15, -0.1) is 0 Å². The number of hydrogen-bond donors (Lipinski definition) is 0. The van der Waals surface area contributed by atoms with E-state index in [1.54, 1.807) is 12.1 Å². The molecule has 1 fully saturated rings. The first kappa shape index (κ1) is 14.1. The molecule has 2 aromatic rings. The molecular formula is C18H21NO2S. The molecule has 116 valence electrons. The van der Waals surface area contributed by atoms with E-state index in [2.05, 4.69) is 0 Å². The van der Waals surface area contributed by atoms with Crippen molar-refractivity contribution in [2.45, 2.75) is 50.3 Å². The summed E-state index contributed by atoms with van der Waals surface area (Å²) in [5, 5.41) is 0. The Morgan fingerprint density at radius 1 is 0.955 bits per heavy atom. The van der Waals surface area contributed by atoms with Gasteiger partial charge in [-0.05, 0) is 61.3 Å². The molecule has 4 rings (SSSR count). The molecule has 0 amide bonds. The monoisotopic (exact) mass is 315 g/mol. The lowest BCUT2D eigenvalue weighted by Gasteiger charge is -2.22. The Morgan fingerprint density at radius 3 is 2.05 bits per heavy atom. The predicted molar refractivity (Wildman–Crippen MR) is 86.5 cm³/mol. The maximum absolute atomic E-state index is 12.7. The molecule has 22 heavy (non-hydrogen) atoms. The quantitative estimate of drug-likeness (QED) is 0.848. The highest BCUT2D eigenvalue weighted by atomic mass is 32.2. The van der Waals surface area contributed by atoms with Crippen LogP contribution in [0.1, 0.15) is 42.4 Å². The van der Waals surface area contributed by atoms with Crippen molar-refractivity contribution in [3.05, 3.63) is 53.3 Å². The maximum Gasteiger partial charge on any atom is 0.267 e. The summed E-state index contributed by atoms with van der Waals surface area (Å²) >= 11 is 0. The van der Waals surface area contributed by atoms with Crippen LogP contribution in [-0.4, -0.2) is 12.4 Å². The average molecular weight is 315 g/mol. The van der Waals surface area contributed by atoms with Gasteiger partial charge in [-0.25, -0.2) is 12.4 Å². The van der Waals surface area contributed by atoms with Crippen LogP contribution in [0.4, 0.5) is 0 Å². The van der Waals surface area contributed by atoms with E-state index in [9.17, 15) is 8.42 Å². The molecule has 1 saturated carbocycles. The van der Waals surface area contributed by atoms with Crippen LogP contribution in [0.2, 0.25) is 0 Å². The summed E-state index contributed by atoms with van der Waals surface area (Å²) in [7, 11) is -3.45. The zero-order chi connectivity index (χ0) is 15.4. The molecule has 0 N–H and O–H groups in total. The van der Waals surface area contributed by atoms with Crippen molar-refractivity contribution in [3.8, 4) is 0 Å². The Bertz CT molecular complexity index is 784. The second-order valence-electron chi connectivity index (χ2n) is 7.02. The van der Waals surface area contributed by atoms with Gasteiger partial charge < -0.3 is 0 Å². The molecule has 0 aliphatic heterocycles. The predicted octanol–water partition coefficient (Wildman–Crippen LogP) is 3.69. The molecule has 0 bridgehead atoms. The smallest absolute Gasteiger partial charge is 0.248 e. The van der Waals surface area contributed by atoms with Gasteiger partial charge in [-0.1, -0.05) is 30.5 Å². The Kier molecular flexibility index (Phi) is 3.02. The van der Waals surface area contributed by atoms with E-state index in [0.717, 1.165) is 18.4 Å². The van der Waals surface area contributed by atoms with Gasteiger partial charge in [0.2, 0.25) is 0 Å². The first-order chi connectivity index (χ1) is 10.5. The van der Waals surface area contributed by atoms with Crippen LogP contribution in [0.15, 0.2) is 41.6 Å². The topological polar surface area (TPSA) is 39.1 Å². The van der Waals surface area contributed by atoms with E-state index >= 15 is 0 Å². The van der Waals surface area contributed by atoms with Crippen LogP contribution in [0.25, 0.3) is 0 Å². The standard InChI is InChI=1S/C18H21NO2S/c1-14-4-6-17(7-5-14)22(20,21)19-12-15-10-18(8-2-3-9-18)11-16(15)13-19/h4-7,12-13H,2-3,8-11H2,1H3. The maximum atomic E-state index is 12.7. The van der Waals surface area contributed by atoms with Gasteiger partial charge >= 0.3 is 0 Å². The van der Waals surface area contributed by atoms with Crippen LogP contribution in [0, 0.1) is 12.3 Å². The fraction of sp³-hybridized carbons (Fsp3) is 0.444. The van der Waals surface area contributed by atoms with E-state index in [1.165, 1.54) is 40.8 Å². The summed E-state index contributed by atoms with van der Waals surface area (Å²) in [5.41, 5.74) is 3.98. The van der Waals surface area contributed by atoms with Crippen LogP contribution in [0.3, 0.4) is 0 Å². The Labute approximate surface area is 132 Å². The summed E-state index contributed by atoms with van der Waals surface area (Å²) in [5.74, 6) is 0. The van der Waals surface area contributed by atoms with Gasteiger partial charge in [-0.3, -0.25) is 0 Å². The zero-order valence-corrected chi connectivity index (χ0v) is 13.7. The molecule has 4 heteroatoms. The van der Waals surface area contributed by atoms with Crippen LogP contribution < -0.4 is 0 Å². The molecule has 0 unspecified atom stereocenters. The average Bonchev–Trinajstić information content (AvgIpc) is 3.15. The summed E-state index contributed by atoms with van der Waals surface area (Å²) in [4.78, 5) is 0.363. The number of aromatic nitrogens is 1. The summed E-state index contributed by atoms with van der Waals surface area (Å²) in [6, 6.07) is 7.07. The minimum Gasteiger partial charge on any atom is -0.248 e. The van der Waals surface area contributed by atoms with Crippen LogP contribution >= 0.6 is 0 Å². The molecular weight excluding hydrogens is 294 g/mol. The third kappa shape index (κ3) is 2.12. The minimum atomic E-state index is -3.45. The van der Waals surface area contributed by atoms with Crippen molar-refractivity contribution in [1.29, 1.82) is 0 Å². The van der Waals surface area contributed by atoms with Crippen molar-refractivity contribution in [2.75, 3.05) is 0 Å². The number of fused-ring (bicyclic) bond motifs is 1. The Hall–Kier alpha value is -1.55. The number of benzene rings is 1. The van der Waals surface area contributed by atoms with E-state index in [4.69, 9.17) is 0 Å². The number of nitrogens with zero attached hydrogens (tertiary/aromatic N) is 1. The van der Waals surface area contributed by atoms with Crippen molar-refractivity contribution in [1.82, 2.24) is 3.97 Å². The van der Waals surface area contributed by atoms with Crippen LogP contribution in [-0.2, 0) is 22.9 Å². The largest absolute Gasteiger partial charge is 0.267 e. The number of rotatable bonds is 2. The molecule has 2 aliphatic rings. The van der Waals surface area contributed by atoms with E-state index in [1.807, 2.05) is 31.5 Å². The lowest BCUT2D eigenvalue weighted by molar-refractivity contribution is 0.316. The van der Waals surface area contributed by atoms with Gasteiger partial charge in [0.15, 0.2) is 0 Å². The second kappa shape index (κ2) is 4.72. The molecule has 2 aliphatic carbocycles. The normalized spacial score (nSPS) is 19.7. The third-order valence-electron chi connectivity index (χ3n) is 5.37. The van der Waals surface area contributed by atoms with E-state index < -0.39 is 10.0 Å². The Morgan fingerprint density at radius 2 is 1.50 bits per heavy atom. The molecule has 1 spiro atoms. The number of hydrogen-bond acceptors (Lipinski definition) is 2. The van der Waals surface area contributed by atoms with Crippen molar-refractivity contribution >= 4 is 10.0 Å². The fourth-order valence-corrected chi connectivity index (χ4v) is 5.40. The third-order valence-corrected chi connectivity index (χ3v) is 7.00. The molecule has 0 saturated heterocycles. The van der Waals surface area contributed by atoms with E-state index in [0.29, 0.717) is 10.3 Å². The highest BCUT2D eigenvalue weighted by molar-refractivity contribution is 7.90. The summed E-state index contributed by atoms with van der Waals surface area (Å²) < 4.78 is 26.9. The van der Waals surface area contributed by atoms with Crippen LogP contribution in [0.5, 0.6) is 0 Å². The van der Waals surface area contributed by atoms with Gasteiger partial charge in [0.25, 0.3) is 10.0 Å². The van der Waals surface area contributed by atoms with Crippen molar-refractivity contribution < 1.29 is 8.42 Å². The molecule has 3 nitrogen and oxygen atoms in total. The molecule has 1 aromatic carbocycles. The van der Waals surface area contributed by atoms with Gasteiger partial charge in [0.05, 0.1) is 4.90 Å². The van der Waals surface area contributed by atoms with Gasteiger partial charge in [0.1, 0.15) is 0 Å². The first-order valence-electron chi connectivity index (χ1n) is 8.01. The summed E-state index contributed by atoms with van der Waals surface area (Å²) in [6.45, 7) is 1.96. The van der Waals surface area contributed by atoms with Crippen molar-refractivity contribution in [3.63, 3.8) is 0 Å². The van der Waals surface area contributed by atoms with Crippen molar-refractivity contribution in [2.24, 2.45) is 5.41 Å². The fourth-order valence-electron chi connectivity index (χ4n) is 4.15. The highest BCUT2D eigenvalue weighted by Gasteiger charge is 2.40. The second-order valence-corrected chi connectivity index (χ2v) is 8.86. The highest BCUT2D eigenvalue weighted by Crippen LogP contribution is 2.49. The lowest BCUT2D eigenvalue weighted by atomic mass is 9.83. The minimum absolute atomic E-state index is 0.363. The Balaban J connectivity index is 1.67. The molecule has 1 aromatic heterocycles.